The molecule has 214 valence electrons. The molecule has 2 amide bonds. The van der Waals surface area contributed by atoms with Crippen molar-refractivity contribution < 1.29 is 19.0 Å². The minimum Gasteiger partial charge on any atom is -0.493 e. The number of nitrogens with zero attached hydrogens (tertiary/aromatic N) is 5. The maximum atomic E-state index is 13.0. The zero-order valence-corrected chi connectivity index (χ0v) is 24.0. The summed E-state index contributed by atoms with van der Waals surface area (Å²) in [6, 6.07) is 17.6. The molecule has 10 nitrogen and oxygen atoms in total. The first-order valence-electron chi connectivity index (χ1n) is 13.9. The molecule has 2 aromatic carbocycles. The summed E-state index contributed by atoms with van der Waals surface area (Å²) >= 11 is 0. The van der Waals surface area contributed by atoms with Crippen LogP contribution in [-0.4, -0.2) is 72.9 Å². The number of benzene rings is 2. The predicted molar refractivity (Wildman–Crippen MR) is 160 cm³/mol. The highest BCUT2D eigenvalue weighted by Gasteiger charge is 2.25. The zero-order valence-electron chi connectivity index (χ0n) is 24.0. The van der Waals surface area contributed by atoms with Gasteiger partial charge in [-0.1, -0.05) is 25.5 Å². The van der Waals surface area contributed by atoms with Crippen LogP contribution in [0.3, 0.4) is 0 Å². The summed E-state index contributed by atoms with van der Waals surface area (Å²) < 4.78 is 16.8. The zero-order chi connectivity index (χ0) is 28.8. The van der Waals surface area contributed by atoms with E-state index in [9.17, 15) is 4.79 Å². The molecule has 1 fully saturated rings. The summed E-state index contributed by atoms with van der Waals surface area (Å²) in [5.74, 6) is 1.98. The van der Waals surface area contributed by atoms with Crippen molar-refractivity contribution in [2.75, 3.05) is 57.2 Å². The number of rotatable bonds is 9. The van der Waals surface area contributed by atoms with E-state index < -0.39 is 0 Å². The van der Waals surface area contributed by atoms with E-state index in [2.05, 4.69) is 22.1 Å². The number of piperazine rings is 1. The molecule has 41 heavy (non-hydrogen) atoms. The van der Waals surface area contributed by atoms with Crippen LogP contribution in [0.1, 0.15) is 25.3 Å². The third-order valence-electron chi connectivity index (χ3n) is 7.05. The number of urea groups is 1. The number of unbranched alkanes of at least 4 members (excludes halogenated alkanes) is 1. The Labute approximate surface area is 240 Å². The number of aromatic nitrogens is 3. The summed E-state index contributed by atoms with van der Waals surface area (Å²) in [6.45, 7) is 6.96. The van der Waals surface area contributed by atoms with Gasteiger partial charge >= 0.3 is 12.0 Å². The average molecular weight is 557 g/mol. The number of ether oxygens (including phenoxy) is 3. The molecule has 0 atom stereocenters. The van der Waals surface area contributed by atoms with E-state index in [-0.39, 0.29) is 6.03 Å². The quantitative estimate of drug-likeness (QED) is 0.268. The molecule has 2 aromatic heterocycles. The third-order valence-corrected chi connectivity index (χ3v) is 7.05. The summed E-state index contributed by atoms with van der Waals surface area (Å²) in [4.78, 5) is 31.4. The van der Waals surface area contributed by atoms with Gasteiger partial charge in [-0.2, -0.15) is 9.97 Å². The Morgan fingerprint density at radius 3 is 2.46 bits per heavy atom. The molecule has 4 aromatic rings. The molecule has 0 unspecified atom stereocenters. The van der Waals surface area contributed by atoms with Crippen molar-refractivity contribution >= 4 is 28.6 Å². The van der Waals surface area contributed by atoms with Gasteiger partial charge in [0.1, 0.15) is 5.52 Å². The molecular formula is C31H36N6O4. The summed E-state index contributed by atoms with van der Waals surface area (Å²) in [6.07, 6.45) is 1.94. The van der Waals surface area contributed by atoms with Gasteiger partial charge in [-0.25, -0.2) is 9.78 Å². The van der Waals surface area contributed by atoms with Crippen LogP contribution in [0.2, 0.25) is 0 Å². The molecule has 1 aliphatic heterocycles. The number of amides is 2. The molecular weight excluding hydrogens is 520 g/mol. The van der Waals surface area contributed by atoms with Crippen molar-refractivity contribution in [3.8, 4) is 28.8 Å². The van der Waals surface area contributed by atoms with E-state index in [4.69, 9.17) is 24.2 Å². The minimum atomic E-state index is -0.111. The lowest BCUT2D eigenvalue weighted by Gasteiger charge is -2.35. The molecule has 0 saturated carbocycles. The fraction of sp³-hybridized carbons (Fsp3) is 0.355. The van der Waals surface area contributed by atoms with Crippen LogP contribution >= 0.6 is 0 Å². The van der Waals surface area contributed by atoms with E-state index in [1.165, 1.54) is 0 Å². The monoisotopic (exact) mass is 556 g/mol. The molecule has 0 bridgehead atoms. The fourth-order valence-electron chi connectivity index (χ4n) is 4.77. The first-order valence-corrected chi connectivity index (χ1v) is 13.9. The van der Waals surface area contributed by atoms with Gasteiger partial charge in [-0.15, -0.1) is 0 Å². The Hall–Kier alpha value is -4.60. The number of anilines is 2. The molecule has 1 saturated heterocycles. The number of aryl methyl sites for hydroxylation is 1. The van der Waals surface area contributed by atoms with Crippen LogP contribution < -0.4 is 24.4 Å². The van der Waals surface area contributed by atoms with Crippen LogP contribution in [0.25, 0.3) is 22.3 Å². The highest BCUT2D eigenvalue weighted by Crippen LogP contribution is 2.34. The number of carbonyl (C=O) groups excluding carboxylic acids is 1. The Morgan fingerprint density at radius 1 is 0.927 bits per heavy atom. The second-order valence-corrected chi connectivity index (χ2v) is 9.94. The maximum Gasteiger partial charge on any atom is 0.321 e. The second-order valence-electron chi connectivity index (χ2n) is 9.94. The van der Waals surface area contributed by atoms with Gasteiger partial charge in [-0.05, 0) is 61.4 Å². The second kappa shape index (κ2) is 12.7. The SMILES string of the molecule is CCCCOc1nc(N2CCN(C(=O)Nc3cccc(C)c3)CC2)c2nc(-c3ccc(OC)c(OC)c3)ccc2n1. The van der Waals surface area contributed by atoms with Crippen molar-refractivity contribution in [1.82, 2.24) is 19.9 Å². The maximum absolute atomic E-state index is 13.0. The topological polar surface area (TPSA) is 102 Å². The molecule has 1 aliphatic rings. The smallest absolute Gasteiger partial charge is 0.321 e. The summed E-state index contributed by atoms with van der Waals surface area (Å²) in [5, 5.41) is 3.01. The lowest BCUT2D eigenvalue weighted by Crippen LogP contribution is -2.50. The lowest BCUT2D eigenvalue weighted by atomic mass is 10.1. The van der Waals surface area contributed by atoms with Crippen molar-refractivity contribution in [1.29, 1.82) is 0 Å². The summed E-state index contributed by atoms with van der Waals surface area (Å²) in [5.41, 5.74) is 4.92. The van der Waals surface area contributed by atoms with Gasteiger partial charge in [0.05, 0.1) is 32.0 Å². The predicted octanol–water partition coefficient (Wildman–Crippen LogP) is 5.55. The average Bonchev–Trinajstić information content (AvgIpc) is 3.00. The number of methoxy groups -OCH3 is 2. The van der Waals surface area contributed by atoms with Crippen molar-refractivity contribution in [2.45, 2.75) is 26.7 Å². The van der Waals surface area contributed by atoms with Gasteiger partial charge in [-0.3, -0.25) is 0 Å². The number of hydrogen-bond donors (Lipinski definition) is 1. The van der Waals surface area contributed by atoms with E-state index in [1.807, 2.05) is 66.4 Å². The normalized spacial score (nSPS) is 13.3. The first-order chi connectivity index (χ1) is 20.0. The van der Waals surface area contributed by atoms with E-state index in [1.54, 1.807) is 14.2 Å². The number of fused-ring (bicyclic) bond motifs is 1. The van der Waals surface area contributed by atoms with E-state index in [0.29, 0.717) is 67.1 Å². The van der Waals surface area contributed by atoms with Crippen LogP contribution in [0.4, 0.5) is 16.3 Å². The van der Waals surface area contributed by atoms with E-state index >= 15 is 0 Å². The summed E-state index contributed by atoms with van der Waals surface area (Å²) in [7, 11) is 3.23. The molecule has 1 N–H and O–H groups in total. The van der Waals surface area contributed by atoms with Crippen LogP contribution in [0.15, 0.2) is 54.6 Å². The number of hydrogen-bond acceptors (Lipinski definition) is 8. The largest absolute Gasteiger partial charge is 0.493 e. The standard InChI is InChI=1S/C31H36N6O4/c1-5-6-18-41-30-34-25-12-11-24(22-10-13-26(39-3)27(20-22)40-4)33-28(25)29(35-30)36-14-16-37(17-15-36)31(38)32-23-9-7-8-21(2)19-23/h7-13,19-20H,5-6,14-18H2,1-4H3,(H,32,38). The Balaban J connectivity index is 1.42. The van der Waals surface area contributed by atoms with Gasteiger partial charge in [0, 0.05) is 37.4 Å². The molecule has 5 rings (SSSR count). The van der Waals surface area contributed by atoms with Crippen LogP contribution in [0.5, 0.6) is 17.5 Å². The van der Waals surface area contributed by atoms with Gasteiger partial charge < -0.3 is 29.3 Å². The van der Waals surface area contributed by atoms with Crippen molar-refractivity contribution in [3.63, 3.8) is 0 Å². The lowest BCUT2D eigenvalue weighted by molar-refractivity contribution is 0.208. The Bertz CT molecular complexity index is 1520. The first kappa shape index (κ1) is 27.9. The molecule has 0 radical (unpaired) electrons. The molecule has 0 aliphatic carbocycles. The van der Waals surface area contributed by atoms with Crippen LogP contribution in [0, 0.1) is 6.92 Å². The number of pyridine rings is 1. The van der Waals surface area contributed by atoms with Gasteiger partial charge in [0.15, 0.2) is 17.3 Å². The highest BCUT2D eigenvalue weighted by atomic mass is 16.5. The molecule has 10 heteroatoms. The number of carbonyl (C=O) groups is 1. The van der Waals surface area contributed by atoms with Crippen molar-refractivity contribution in [3.05, 3.63) is 60.2 Å². The minimum absolute atomic E-state index is 0.111. The van der Waals surface area contributed by atoms with Gasteiger partial charge in [0.25, 0.3) is 0 Å². The van der Waals surface area contributed by atoms with E-state index in [0.717, 1.165) is 35.3 Å². The third kappa shape index (κ3) is 6.42. The Kier molecular flexibility index (Phi) is 8.67. The molecule has 3 heterocycles. The van der Waals surface area contributed by atoms with Crippen LogP contribution in [-0.2, 0) is 0 Å². The molecule has 0 spiro atoms. The highest BCUT2D eigenvalue weighted by molar-refractivity contribution is 5.90. The number of nitrogens with one attached hydrogen (secondary N) is 1. The van der Waals surface area contributed by atoms with Gasteiger partial charge in [0.2, 0.25) is 0 Å². The van der Waals surface area contributed by atoms with Crippen molar-refractivity contribution in [2.24, 2.45) is 0 Å². The Morgan fingerprint density at radius 2 is 1.73 bits per heavy atom. The fourth-order valence-corrected chi connectivity index (χ4v) is 4.77.